The summed E-state index contributed by atoms with van der Waals surface area (Å²) >= 11 is 6.37. The first-order valence-electron chi connectivity index (χ1n) is 6.42. The highest BCUT2D eigenvalue weighted by molar-refractivity contribution is 6.33. The molecule has 1 unspecified atom stereocenters. The van der Waals surface area contributed by atoms with Crippen LogP contribution < -0.4 is 10.6 Å². The molecule has 3 heteroatoms. The van der Waals surface area contributed by atoms with Crippen molar-refractivity contribution in [1.29, 1.82) is 0 Å². The SMILES string of the molecule is CC(N(C)c1ccc([C@H](C)N)cc1Cl)C(C)(C)C. The van der Waals surface area contributed by atoms with E-state index in [-0.39, 0.29) is 11.5 Å². The minimum Gasteiger partial charge on any atom is -0.370 e. The van der Waals surface area contributed by atoms with Crippen LogP contribution in [-0.4, -0.2) is 13.1 Å². The number of rotatable bonds is 3. The molecule has 2 nitrogen and oxygen atoms in total. The van der Waals surface area contributed by atoms with Gasteiger partial charge in [-0.05, 0) is 37.0 Å². The van der Waals surface area contributed by atoms with E-state index in [1.54, 1.807) is 0 Å². The van der Waals surface area contributed by atoms with E-state index in [2.05, 4.69) is 51.8 Å². The lowest BCUT2D eigenvalue weighted by Gasteiger charge is -2.37. The Hall–Kier alpha value is -0.730. The van der Waals surface area contributed by atoms with Gasteiger partial charge in [-0.25, -0.2) is 0 Å². The van der Waals surface area contributed by atoms with Crippen molar-refractivity contribution in [3.8, 4) is 0 Å². The Balaban J connectivity index is 3.04. The minimum absolute atomic E-state index is 0.0156. The number of benzene rings is 1. The molecule has 1 aromatic rings. The molecule has 0 aliphatic carbocycles. The van der Waals surface area contributed by atoms with Crippen LogP contribution in [-0.2, 0) is 0 Å². The second-order valence-corrected chi connectivity index (χ2v) is 6.56. The molecule has 0 heterocycles. The van der Waals surface area contributed by atoms with E-state index in [1.807, 2.05) is 13.0 Å². The molecule has 0 fully saturated rings. The second kappa shape index (κ2) is 5.50. The molecule has 102 valence electrons. The molecule has 0 aliphatic heterocycles. The Morgan fingerprint density at radius 2 is 1.78 bits per heavy atom. The Morgan fingerprint density at radius 1 is 1.22 bits per heavy atom. The van der Waals surface area contributed by atoms with Gasteiger partial charge in [0.15, 0.2) is 0 Å². The number of nitrogens with zero attached hydrogens (tertiary/aromatic N) is 1. The first kappa shape index (κ1) is 15.3. The van der Waals surface area contributed by atoms with Crippen molar-refractivity contribution in [3.05, 3.63) is 28.8 Å². The van der Waals surface area contributed by atoms with Crippen LogP contribution in [0.15, 0.2) is 18.2 Å². The molecule has 0 saturated carbocycles. The van der Waals surface area contributed by atoms with Crippen molar-refractivity contribution >= 4 is 17.3 Å². The molecular formula is C15H25ClN2. The van der Waals surface area contributed by atoms with Gasteiger partial charge in [-0.2, -0.15) is 0 Å². The molecule has 18 heavy (non-hydrogen) atoms. The Labute approximate surface area is 116 Å². The molecular weight excluding hydrogens is 244 g/mol. The van der Waals surface area contributed by atoms with Crippen LogP contribution in [0.3, 0.4) is 0 Å². The number of nitrogens with two attached hydrogens (primary N) is 1. The largest absolute Gasteiger partial charge is 0.370 e. The highest BCUT2D eigenvalue weighted by Crippen LogP contribution is 2.33. The summed E-state index contributed by atoms with van der Waals surface area (Å²) < 4.78 is 0. The van der Waals surface area contributed by atoms with Gasteiger partial charge in [0, 0.05) is 19.1 Å². The standard InChI is InChI=1S/C15H25ClN2/c1-10(17)12-7-8-14(13(16)9-12)18(6)11(2)15(3,4)5/h7-11H,17H2,1-6H3/t10-,11?/m0/s1. The van der Waals surface area contributed by atoms with Gasteiger partial charge in [0.1, 0.15) is 0 Å². The van der Waals surface area contributed by atoms with Gasteiger partial charge in [-0.1, -0.05) is 38.4 Å². The summed E-state index contributed by atoms with van der Waals surface area (Å²) in [6.07, 6.45) is 0. The summed E-state index contributed by atoms with van der Waals surface area (Å²) in [7, 11) is 2.09. The number of hydrogen-bond donors (Lipinski definition) is 1. The van der Waals surface area contributed by atoms with Gasteiger partial charge >= 0.3 is 0 Å². The zero-order chi connectivity index (χ0) is 14.1. The van der Waals surface area contributed by atoms with Gasteiger partial charge in [0.25, 0.3) is 0 Å². The minimum atomic E-state index is 0.0156. The van der Waals surface area contributed by atoms with Crippen molar-refractivity contribution in [1.82, 2.24) is 0 Å². The predicted molar refractivity (Wildman–Crippen MR) is 81.4 cm³/mol. The van der Waals surface area contributed by atoms with Gasteiger partial charge in [0.2, 0.25) is 0 Å². The maximum absolute atomic E-state index is 6.37. The van der Waals surface area contributed by atoms with E-state index in [0.717, 1.165) is 16.3 Å². The summed E-state index contributed by atoms with van der Waals surface area (Å²) in [6.45, 7) is 10.9. The van der Waals surface area contributed by atoms with Gasteiger partial charge in [-0.3, -0.25) is 0 Å². The van der Waals surface area contributed by atoms with E-state index in [4.69, 9.17) is 17.3 Å². The van der Waals surface area contributed by atoms with Crippen LogP contribution in [0.2, 0.25) is 5.02 Å². The summed E-state index contributed by atoms with van der Waals surface area (Å²) in [4.78, 5) is 2.23. The molecule has 0 amide bonds. The lowest BCUT2D eigenvalue weighted by atomic mass is 9.87. The molecule has 2 atom stereocenters. The zero-order valence-electron chi connectivity index (χ0n) is 12.3. The van der Waals surface area contributed by atoms with Crippen molar-refractivity contribution in [2.24, 2.45) is 11.1 Å². The summed E-state index contributed by atoms with van der Waals surface area (Å²) in [5.41, 5.74) is 8.20. The quantitative estimate of drug-likeness (QED) is 0.889. The second-order valence-electron chi connectivity index (χ2n) is 6.15. The van der Waals surface area contributed by atoms with Crippen molar-refractivity contribution in [2.75, 3.05) is 11.9 Å². The van der Waals surface area contributed by atoms with E-state index in [9.17, 15) is 0 Å². The highest BCUT2D eigenvalue weighted by Gasteiger charge is 2.25. The van der Waals surface area contributed by atoms with Crippen LogP contribution in [0.5, 0.6) is 0 Å². The van der Waals surface area contributed by atoms with Crippen LogP contribution in [0, 0.1) is 5.41 Å². The van der Waals surface area contributed by atoms with E-state index in [1.165, 1.54) is 0 Å². The van der Waals surface area contributed by atoms with Crippen LogP contribution in [0.25, 0.3) is 0 Å². The molecule has 1 rings (SSSR count). The van der Waals surface area contributed by atoms with Crippen molar-refractivity contribution in [2.45, 2.75) is 46.7 Å². The third-order valence-electron chi connectivity index (χ3n) is 3.71. The van der Waals surface area contributed by atoms with Gasteiger partial charge in [0.05, 0.1) is 10.7 Å². The first-order valence-corrected chi connectivity index (χ1v) is 6.80. The van der Waals surface area contributed by atoms with Crippen molar-refractivity contribution in [3.63, 3.8) is 0 Å². The predicted octanol–water partition coefficient (Wildman–Crippen LogP) is 4.23. The third kappa shape index (κ3) is 3.39. The molecule has 0 spiro atoms. The Bertz CT molecular complexity index is 407. The molecule has 0 aromatic heterocycles. The average molecular weight is 269 g/mol. The fraction of sp³-hybridized carbons (Fsp3) is 0.600. The monoisotopic (exact) mass is 268 g/mol. The number of hydrogen-bond acceptors (Lipinski definition) is 2. The molecule has 0 aliphatic rings. The van der Waals surface area contributed by atoms with E-state index < -0.39 is 0 Å². The smallest absolute Gasteiger partial charge is 0.0642 e. The Kier molecular flexibility index (Phi) is 4.68. The highest BCUT2D eigenvalue weighted by atomic mass is 35.5. The van der Waals surface area contributed by atoms with E-state index >= 15 is 0 Å². The molecule has 0 bridgehead atoms. The first-order chi connectivity index (χ1) is 8.14. The maximum atomic E-state index is 6.37. The lowest BCUT2D eigenvalue weighted by molar-refractivity contribution is 0.330. The van der Waals surface area contributed by atoms with E-state index in [0.29, 0.717) is 6.04 Å². The zero-order valence-corrected chi connectivity index (χ0v) is 13.0. The lowest BCUT2D eigenvalue weighted by Crippen LogP contribution is -2.39. The fourth-order valence-electron chi connectivity index (χ4n) is 1.88. The van der Waals surface area contributed by atoms with Gasteiger partial charge in [-0.15, -0.1) is 0 Å². The normalized spacial score (nSPS) is 15.3. The maximum Gasteiger partial charge on any atom is 0.0642 e. The fourth-order valence-corrected chi connectivity index (χ4v) is 2.20. The summed E-state index contributed by atoms with van der Waals surface area (Å²) in [5.74, 6) is 0. The van der Waals surface area contributed by atoms with Crippen LogP contribution >= 0.6 is 11.6 Å². The van der Waals surface area contributed by atoms with Gasteiger partial charge < -0.3 is 10.6 Å². The van der Waals surface area contributed by atoms with Crippen molar-refractivity contribution < 1.29 is 0 Å². The molecule has 0 radical (unpaired) electrons. The van der Waals surface area contributed by atoms with Crippen LogP contribution in [0.1, 0.15) is 46.2 Å². The topological polar surface area (TPSA) is 29.3 Å². The molecule has 1 aromatic carbocycles. The van der Waals surface area contributed by atoms with Crippen LogP contribution in [0.4, 0.5) is 5.69 Å². The Morgan fingerprint density at radius 3 is 2.17 bits per heavy atom. The summed E-state index contributed by atoms with van der Waals surface area (Å²) in [6, 6.07) is 6.49. The third-order valence-corrected chi connectivity index (χ3v) is 4.01. The molecule has 0 saturated heterocycles. The number of anilines is 1. The average Bonchev–Trinajstić information content (AvgIpc) is 2.25. The molecule has 2 N–H and O–H groups in total. The number of halogens is 1. The summed E-state index contributed by atoms with van der Waals surface area (Å²) in [5, 5.41) is 0.767.